The third-order valence-corrected chi connectivity index (χ3v) is 4.80. The minimum absolute atomic E-state index is 0. The SMILES string of the molecule is CCNC(=NCCC(=O)Nc1cccc(C)n1)NC1CN(C(C)C)CC1C.I. The molecule has 1 aliphatic heterocycles. The van der Waals surface area contributed by atoms with E-state index in [9.17, 15) is 4.79 Å². The number of hydrogen-bond donors (Lipinski definition) is 3. The van der Waals surface area contributed by atoms with Crippen molar-refractivity contribution in [1.29, 1.82) is 0 Å². The summed E-state index contributed by atoms with van der Waals surface area (Å²) in [5, 5.41) is 9.64. The number of aryl methyl sites for hydroxylation is 1. The van der Waals surface area contributed by atoms with Crippen molar-refractivity contribution in [3.63, 3.8) is 0 Å². The van der Waals surface area contributed by atoms with Crippen molar-refractivity contribution in [3.8, 4) is 0 Å². The van der Waals surface area contributed by atoms with Crippen molar-refractivity contribution >= 4 is 41.7 Å². The molecule has 0 aliphatic carbocycles. The fourth-order valence-electron chi connectivity index (χ4n) is 3.20. The molecule has 1 aromatic heterocycles. The second kappa shape index (κ2) is 12.2. The number of amides is 1. The number of nitrogens with one attached hydrogen (secondary N) is 3. The van der Waals surface area contributed by atoms with E-state index in [0.717, 1.165) is 31.3 Å². The molecule has 0 saturated carbocycles. The number of anilines is 1. The number of aliphatic imine (C=N–C) groups is 1. The number of pyridine rings is 1. The molecule has 2 unspecified atom stereocenters. The van der Waals surface area contributed by atoms with Crippen LogP contribution in [-0.4, -0.2) is 60.0 Å². The zero-order valence-corrected chi connectivity index (χ0v) is 20.0. The average molecular weight is 502 g/mol. The van der Waals surface area contributed by atoms with Gasteiger partial charge in [-0.05, 0) is 45.7 Å². The van der Waals surface area contributed by atoms with Gasteiger partial charge in [0.1, 0.15) is 5.82 Å². The van der Waals surface area contributed by atoms with E-state index in [1.807, 2.05) is 26.0 Å². The van der Waals surface area contributed by atoms with E-state index in [1.165, 1.54) is 0 Å². The highest BCUT2D eigenvalue weighted by atomic mass is 127. The third-order valence-electron chi connectivity index (χ3n) is 4.80. The molecule has 7 nitrogen and oxygen atoms in total. The maximum absolute atomic E-state index is 12.1. The smallest absolute Gasteiger partial charge is 0.227 e. The lowest BCUT2D eigenvalue weighted by Crippen LogP contribution is -2.47. The Bertz CT molecular complexity index is 651. The van der Waals surface area contributed by atoms with Crippen molar-refractivity contribution in [1.82, 2.24) is 20.5 Å². The number of nitrogens with zero attached hydrogens (tertiary/aromatic N) is 3. The Kier molecular flexibility index (Phi) is 10.7. The molecule has 158 valence electrons. The number of likely N-dealkylation sites (tertiary alicyclic amines) is 1. The summed E-state index contributed by atoms with van der Waals surface area (Å²) in [6.07, 6.45) is 0.324. The summed E-state index contributed by atoms with van der Waals surface area (Å²) in [6.45, 7) is 14.0. The zero-order valence-electron chi connectivity index (χ0n) is 17.7. The van der Waals surface area contributed by atoms with Crippen LogP contribution >= 0.6 is 24.0 Å². The Balaban J connectivity index is 0.00000392. The van der Waals surface area contributed by atoms with Gasteiger partial charge in [-0.1, -0.05) is 13.0 Å². The van der Waals surface area contributed by atoms with Crippen LogP contribution in [0.3, 0.4) is 0 Å². The van der Waals surface area contributed by atoms with E-state index < -0.39 is 0 Å². The summed E-state index contributed by atoms with van der Waals surface area (Å²) in [4.78, 5) is 23.5. The van der Waals surface area contributed by atoms with Crippen LogP contribution in [0.2, 0.25) is 0 Å². The normalized spacial score (nSPS) is 20.0. The molecule has 1 saturated heterocycles. The van der Waals surface area contributed by atoms with Crippen LogP contribution in [-0.2, 0) is 4.79 Å². The summed E-state index contributed by atoms with van der Waals surface area (Å²) in [7, 11) is 0. The summed E-state index contributed by atoms with van der Waals surface area (Å²) < 4.78 is 0. The fourth-order valence-corrected chi connectivity index (χ4v) is 3.20. The predicted octanol–water partition coefficient (Wildman–Crippen LogP) is 2.62. The first-order chi connectivity index (χ1) is 12.9. The van der Waals surface area contributed by atoms with Crippen LogP contribution in [0.4, 0.5) is 5.82 Å². The molecule has 8 heteroatoms. The van der Waals surface area contributed by atoms with Gasteiger partial charge in [-0.15, -0.1) is 24.0 Å². The average Bonchev–Trinajstić information content (AvgIpc) is 2.96. The van der Waals surface area contributed by atoms with Gasteiger partial charge in [0.2, 0.25) is 5.91 Å². The van der Waals surface area contributed by atoms with Gasteiger partial charge in [0.05, 0.1) is 6.54 Å². The van der Waals surface area contributed by atoms with Gasteiger partial charge in [0, 0.05) is 43.8 Å². The van der Waals surface area contributed by atoms with E-state index in [2.05, 4.69) is 51.6 Å². The molecule has 1 aromatic rings. The van der Waals surface area contributed by atoms with E-state index >= 15 is 0 Å². The van der Waals surface area contributed by atoms with Crippen LogP contribution in [0, 0.1) is 12.8 Å². The first-order valence-electron chi connectivity index (χ1n) is 9.91. The third kappa shape index (κ3) is 7.90. The highest BCUT2D eigenvalue weighted by Gasteiger charge is 2.31. The Morgan fingerprint density at radius 1 is 1.36 bits per heavy atom. The zero-order chi connectivity index (χ0) is 19.8. The van der Waals surface area contributed by atoms with Crippen molar-refractivity contribution < 1.29 is 4.79 Å². The number of guanidine groups is 1. The van der Waals surface area contributed by atoms with Crippen LogP contribution < -0.4 is 16.0 Å². The number of aromatic nitrogens is 1. The minimum atomic E-state index is -0.0760. The molecular weight excluding hydrogens is 467 g/mol. The van der Waals surface area contributed by atoms with E-state index in [1.54, 1.807) is 6.07 Å². The van der Waals surface area contributed by atoms with E-state index in [0.29, 0.717) is 36.8 Å². The van der Waals surface area contributed by atoms with E-state index in [-0.39, 0.29) is 29.9 Å². The molecule has 1 amide bonds. The molecule has 3 N–H and O–H groups in total. The number of halogens is 1. The maximum Gasteiger partial charge on any atom is 0.227 e. The fraction of sp³-hybridized carbons (Fsp3) is 0.650. The van der Waals surface area contributed by atoms with Gasteiger partial charge in [0.25, 0.3) is 0 Å². The van der Waals surface area contributed by atoms with Crippen LogP contribution in [0.5, 0.6) is 0 Å². The summed E-state index contributed by atoms with van der Waals surface area (Å²) in [6, 6.07) is 6.50. The Hall–Kier alpha value is -1.42. The van der Waals surface area contributed by atoms with Crippen molar-refractivity contribution in [2.45, 2.75) is 53.1 Å². The first-order valence-corrected chi connectivity index (χ1v) is 9.91. The molecule has 2 heterocycles. The molecular formula is C20H35IN6O. The number of hydrogen-bond acceptors (Lipinski definition) is 4. The highest BCUT2D eigenvalue weighted by molar-refractivity contribution is 14.0. The number of rotatable bonds is 7. The van der Waals surface area contributed by atoms with Crippen molar-refractivity contribution in [2.75, 3.05) is 31.5 Å². The van der Waals surface area contributed by atoms with Crippen LogP contribution in [0.25, 0.3) is 0 Å². The van der Waals surface area contributed by atoms with Gasteiger partial charge in [-0.3, -0.25) is 14.7 Å². The Morgan fingerprint density at radius 3 is 2.71 bits per heavy atom. The molecule has 28 heavy (non-hydrogen) atoms. The summed E-state index contributed by atoms with van der Waals surface area (Å²) in [5.41, 5.74) is 0.880. The van der Waals surface area contributed by atoms with Crippen LogP contribution in [0.1, 0.15) is 39.8 Å². The number of carbonyl (C=O) groups excluding carboxylic acids is 1. The van der Waals surface area contributed by atoms with Gasteiger partial charge >= 0.3 is 0 Å². The number of carbonyl (C=O) groups is 1. The van der Waals surface area contributed by atoms with Crippen LogP contribution in [0.15, 0.2) is 23.2 Å². The lowest BCUT2D eigenvalue weighted by atomic mass is 10.1. The molecule has 2 atom stereocenters. The van der Waals surface area contributed by atoms with Crippen molar-refractivity contribution in [3.05, 3.63) is 23.9 Å². The monoisotopic (exact) mass is 502 g/mol. The largest absolute Gasteiger partial charge is 0.357 e. The molecule has 2 rings (SSSR count). The topological polar surface area (TPSA) is 81.6 Å². The van der Waals surface area contributed by atoms with Gasteiger partial charge in [0.15, 0.2) is 5.96 Å². The Morgan fingerprint density at radius 2 is 2.11 bits per heavy atom. The first kappa shape index (κ1) is 24.6. The molecule has 0 radical (unpaired) electrons. The van der Waals surface area contributed by atoms with Gasteiger partial charge in [-0.25, -0.2) is 4.98 Å². The second-order valence-corrected chi connectivity index (χ2v) is 7.50. The van der Waals surface area contributed by atoms with Gasteiger partial charge in [-0.2, -0.15) is 0 Å². The predicted molar refractivity (Wildman–Crippen MR) is 126 cm³/mol. The van der Waals surface area contributed by atoms with Crippen molar-refractivity contribution in [2.24, 2.45) is 10.9 Å². The quantitative estimate of drug-likeness (QED) is 0.304. The minimum Gasteiger partial charge on any atom is -0.357 e. The second-order valence-electron chi connectivity index (χ2n) is 7.50. The standard InChI is InChI=1S/C20H34N6O.HI/c1-6-21-20(24-17-13-26(14(2)3)12-15(17)4)22-11-10-19(27)25-18-9-7-8-16(5)23-18;/h7-9,14-15,17H,6,10-13H2,1-5H3,(H2,21,22,24)(H,23,25,27);1H. The summed E-state index contributed by atoms with van der Waals surface area (Å²) >= 11 is 0. The molecule has 1 aliphatic rings. The summed E-state index contributed by atoms with van der Waals surface area (Å²) in [5.74, 6) is 1.85. The van der Waals surface area contributed by atoms with E-state index in [4.69, 9.17) is 0 Å². The molecule has 0 aromatic carbocycles. The lowest BCUT2D eigenvalue weighted by Gasteiger charge is -2.21. The Labute approximate surface area is 186 Å². The van der Waals surface area contributed by atoms with Gasteiger partial charge < -0.3 is 16.0 Å². The lowest BCUT2D eigenvalue weighted by molar-refractivity contribution is -0.116. The molecule has 0 spiro atoms. The highest BCUT2D eigenvalue weighted by Crippen LogP contribution is 2.18. The molecule has 0 bridgehead atoms. The maximum atomic E-state index is 12.1. The molecule has 1 fully saturated rings.